The molecule has 21 heavy (non-hydrogen) atoms. The van der Waals surface area contributed by atoms with Crippen molar-refractivity contribution < 1.29 is 9.53 Å². The first kappa shape index (κ1) is 16.2. The van der Waals surface area contributed by atoms with Crippen LogP contribution in [0.15, 0.2) is 5.16 Å². The number of thioether (sulfide) groups is 1. The quantitative estimate of drug-likeness (QED) is 0.632. The van der Waals surface area contributed by atoms with Crippen LogP contribution in [0.1, 0.15) is 30.8 Å². The molecule has 0 N–H and O–H groups in total. The maximum Gasteiger partial charge on any atom is 0.233 e. The average molecular weight is 309 g/mol. The lowest BCUT2D eigenvalue weighted by Crippen LogP contribution is -2.48. The largest absolute Gasteiger partial charge is 0.372 e. The average Bonchev–Trinajstić information content (AvgIpc) is 2.40. The van der Waals surface area contributed by atoms with Crippen LogP contribution in [0.4, 0.5) is 0 Å². The molecule has 2 rings (SSSR count). The second-order valence-electron chi connectivity index (χ2n) is 5.65. The monoisotopic (exact) mass is 309 g/mol. The number of carbonyl (C=O) groups is 1. The summed E-state index contributed by atoms with van der Waals surface area (Å²) in [6.45, 7) is 11.3. The van der Waals surface area contributed by atoms with Gasteiger partial charge >= 0.3 is 0 Å². The SMILES string of the molecule is Cc1nc(SCC(=O)N2C[C@H](C)O[C@@H](C)C2)nc(C)c1C. The number of aromatic nitrogens is 2. The molecule has 0 radical (unpaired) electrons. The third-order valence-electron chi connectivity index (χ3n) is 3.71. The first-order valence-electron chi connectivity index (χ1n) is 7.24. The van der Waals surface area contributed by atoms with E-state index in [1.165, 1.54) is 11.8 Å². The van der Waals surface area contributed by atoms with E-state index in [1.54, 1.807) is 0 Å². The standard InChI is InChI=1S/C15H23N3O2S/c1-9-6-18(7-10(2)20-9)14(19)8-21-15-16-12(4)11(3)13(5)17-15/h9-10H,6-8H2,1-5H3/t9-,10-/m0/s1. The van der Waals surface area contributed by atoms with Crippen molar-refractivity contribution in [3.8, 4) is 0 Å². The Kier molecular flexibility index (Phi) is 5.22. The number of amides is 1. The van der Waals surface area contributed by atoms with Crippen molar-refractivity contribution in [1.82, 2.24) is 14.9 Å². The summed E-state index contributed by atoms with van der Waals surface area (Å²) in [4.78, 5) is 23.0. The maximum atomic E-state index is 12.3. The number of carbonyl (C=O) groups excluding carboxylic acids is 1. The summed E-state index contributed by atoms with van der Waals surface area (Å²) in [6.07, 6.45) is 0.200. The zero-order chi connectivity index (χ0) is 15.6. The third kappa shape index (κ3) is 4.17. The van der Waals surface area contributed by atoms with Gasteiger partial charge in [0.05, 0.1) is 18.0 Å². The number of nitrogens with zero attached hydrogens (tertiary/aromatic N) is 3. The smallest absolute Gasteiger partial charge is 0.233 e. The van der Waals surface area contributed by atoms with Crippen LogP contribution >= 0.6 is 11.8 Å². The van der Waals surface area contributed by atoms with Crippen molar-refractivity contribution in [2.75, 3.05) is 18.8 Å². The van der Waals surface area contributed by atoms with Gasteiger partial charge in [0.1, 0.15) is 0 Å². The van der Waals surface area contributed by atoms with Crippen molar-refractivity contribution in [3.05, 3.63) is 17.0 Å². The maximum absolute atomic E-state index is 12.3. The van der Waals surface area contributed by atoms with Crippen molar-refractivity contribution in [2.45, 2.75) is 52.0 Å². The number of morpholine rings is 1. The van der Waals surface area contributed by atoms with E-state index in [1.807, 2.05) is 39.5 Å². The molecule has 5 nitrogen and oxygen atoms in total. The van der Waals surface area contributed by atoms with Crippen molar-refractivity contribution in [2.24, 2.45) is 0 Å². The van der Waals surface area contributed by atoms with E-state index < -0.39 is 0 Å². The summed E-state index contributed by atoms with van der Waals surface area (Å²) in [5.74, 6) is 0.503. The molecular weight excluding hydrogens is 286 g/mol. The van der Waals surface area contributed by atoms with Crippen molar-refractivity contribution in [3.63, 3.8) is 0 Å². The summed E-state index contributed by atoms with van der Waals surface area (Å²) >= 11 is 1.41. The molecule has 0 aromatic carbocycles. The van der Waals surface area contributed by atoms with Gasteiger partial charge in [0, 0.05) is 24.5 Å². The molecule has 0 aliphatic carbocycles. The molecule has 1 saturated heterocycles. The summed E-state index contributed by atoms with van der Waals surface area (Å²) in [5.41, 5.74) is 3.07. The first-order chi connectivity index (χ1) is 9.86. The Labute approximate surface area is 130 Å². The Morgan fingerprint density at radius 2 is 1.71 bits per heavy atom. The van der Waals surface area contributed by atoms with E-state index in [9.17, 15) is 4.79 Å². The zero-order valence-corrected chi connectivity index (χ0v) is 14.2. The number of ether oxygens (including phenoxy) is 1. The molecular formula is C15H23N3O2S. The van der Waals surface area contributed by atoms with Crippen LogP contribution in [0.3, 0.4) is 0 Å². The number of aryl methyl sites for hydroxylation is 2. The van der Waals surface area contributed by atoms with Crippen molar-refractivity contribution >= 4 is 17.7 Å². The van der Waals surface area contributed by atoms with Gasteiger partial charge in [-0.1, -0.05) is 11.8 Å². The lowest BCUT2D eigenvalue weighted by Gasteiger charge is -2.35. The molecule has 1 aromatic heterocycles. The highest BCUT2D eigenvalue weighted by molar-refractivity contribution is 7.99. The van der Waals surface area contributed by atoms with Crippen LogP contribution in [0.25, 0.3) is 0 Å². The van der Waals surface area contributed by atoms with Gasteiger partial charge in [0.2, 0.25) is 5.91 Å². The Bertz CT molecular complexity index is 503. The highest BCUT2D eigenvalue weighted by atomic mass is 32.2. The molecule has 0 spiro atoms. The number of rotatable bonds is 3. The van der Waals surface area contributed by atoms with Crippen LogP contribution in [0, 0.1) is 20.8 Å². The van der Waals surface area contributed by atoms with Crippen LogP contribution in [-0.4, -0.2) is 51.8 Å². The molecule has 1 aliphatic rings. The molecule has 2 atom stereocenters. The second kappa shape index (κ2) is 6.75. The molecule has 6 heteroatoms. The Balaban J connectivity index is 1.95. The van der Waals surface area contributed by atoms with Gasteiger partial charge in [0.15, 0.2) is 5.16 Å². The highest BCUT2D eigenvalue weighted by Gasteiger charge is 2.25. The van der Waals surface area contributed by atoms with Gasteiger partial charge in [-0.3, -0.25) is 4.79 Å². The van der Waals surface area contributed by atoms with Gasteiger partial charge in [-0.15, -0.1) is 0 Å². The second-order valence-corrected chi connectivity index (χ2v) is 6.59. The molecule has 1 fully saturated rings. The predicted molar refractivity (Wildman–Crippen MR) is 83.6 cm³/mol. The van der Waals surface area contributed by atoms with E-state index in [0.29, 0.717) is 24.0 Å². The van der Waals surface area contributed by atoms with E-state index in [0.717, 1.165) is 17.0 Å². The van der Waals surface area contributed by atoms with Crippen LogP contribution in [-0.2, 0) is 9.53 Å². The fraction of sp³-hybridized carbons (Fsp3) is 0.667. The number of hydrogen-bond acceptors (Lipinski definition) is 5. The van der Waals surface area contributed by atoms with Gasteiger partial charge in [-0.25, -0.2) is 9.97 Å². The normalized spacial score (nSPS) is 22.4. The molecule has 1 aromatic rings. The minimum Gasteiger partial charge on any atom is -0.372 e. The fourth-order valence-corrected chi connectivity index (χ4v) is 3.24. The van der Waals surface area contributed by atoms with E-state index in [4.69, 9.17) is 4.74 Å². The lowest BCUT2D eigenvalue weighted by atomic mass is 10.2. The van der Waals surface area contributed by atoms with Crippen LogP contribution in [0.5, 0.6) is 0 Å². The molecule has 2 heterocycles. The topological polar surface area (TPSA) is 55.3 Å². The van der Waals surface area contributed by atoms with E-state index in [2.05, 4.69) is 9.97 Å². The molecule has 116 valence electrons. The Hall–Kier alpha value is -1.14. The summed E-state index contributed by atoms with van der Waals surface area (Å²) in [7, 11) is 0. The molecule has 0 saturated carbocycles. The minimum atomic E-state index is 0.0998. The van der Waals surface area contributed by atoms with Gasteiger partial charge in [-0.2, -0.15) is 0 Å². The van der Waals surface area contributed by atoms with Gasteiger partial charge in [-0.05, 0) is 40.2 Å². The molecule has 0 unspecified atom stereocenters. The van der Waals surface area contributed by atoms with E-state index in [-0.39, 0.29) is 18.1 Å². The van der Waals surface area contributed by atoms with E-state index >= 15 is 0 Å². The highest BCUT2D eigenvalue weighted by Crippen LogP contribution is 2.19. The first-order valence-corrected chi connectivity index (χ1v) is 8.23. The number of hydrogen-bond donors (Lipinski definition) is 0. The molecule has 1 amide bonds. The summed E-state index contributed by atoms with van der Waals surface area (Å²) < 4.78 is 5.65. The lowest BCUT2D eigenvalue weighted by molar-refractivity contribution is -0.140. The Morgan fingerprint density at radius 1 is 1.19 bits per heavy atom. The third-order valence-corrected chi connectivity index (χ3v) is 4.54. The minimum absolute atomic E-state index is 0.0998. The predicted octanol–water partition coefficient (Wildman–Crippen LogP) is 2.13. The summed E-state index contributed by atoms with van der Waals surface area (Å²) in [5, 5.41) is 0.679. The van der Waals surface area contributed by atoms with Crippen LogP contribution < -0.4 is 0 Å². The van der Waals surface area contributed by atoms with Crippen molar-refractivity contribution in [1.29, 1.82) is 0 Å². The van der Waals surface area contributed by atoms with Crippen LogP contribution in [0.2, 0.25) is 0 Å². The van der Waals surface area contributed by atoms with Gasteiger partial charge in [0.25, 0.3) is 0 Å². The zero-order valence-electron chi connectivity index (χ0n) is 13.3. The Morgan fingerprint density at radius 3 is 2.24 bits per heavy atom. The molecule has 1 aliphatic heterocycles. The fourth-order valence-electron chi connectivity index (χ4n) is 2.41. The summed E-state index contributed by atoms with van der Waals surface area (Å²) in [6, 6.07) is 0. The van der Waals surface area contributed by atoms with Gasteiger partial charge < -0.3 is 9.64 Å². The molecule has 0 bridgehead atoms.